The van der Waals surface area contributed by atoms with Gasteiger partial charge in [0.05, 0.1) is 11.1 Å². The largest absolute Gasteiger partial charge is 0.416 e. The molecule has 1 heterocycles. The minimum absolute atomic E-state index is 0.147. The van der Waals surface area contributed by atoms with Crippen LogP contribution < -0.4 is 10.9 Å². The zero-order valence-electron chi connectivity index (χ0n) is 12.1. The van der Waals surface area contributed by atoms with E-state index in [4.69, 9.17) is 0 Å². The molecule has 122 valence electrons. The third-order valence-electron chi connectivity index (χ3n) is 3.47. The Balaban J connectivity index is 1.92. The van der Waals surface area contributed by atoms with Gasteiger partial charge in [-0.25, -0.2) is 0 Å². The van der Waals surface area contributed by atoms with E-state index < -0.39 is 23.2 Å². The second-order valence-electron chi connectivity index (χ2n) is 5.12. The molecule has 3 aromatic rings. The lowest BCUT2D eigenvalue weighted by molar-refractivity contribution is -0.137. The number of carbonyl (C=O) groups excluding carboxylic acids is 1. The summed E-state index contributed by atoms with van der Waals surface area (Å²) in [6, 6.07) is 12.0. The van der Waals surface area contributed by atoms with Gasteiger partial charge in [0.15, 0.2) is 0 Å². The Hall–Kier alpha value is -3.09. The van der Waals surface area contributed by atoms with Crippen molar-refractivity contribution in [3.05, 3.63) is 76.1 Å². The Bertz CT molecular complexity index is 960. The van der Waals surface area contributed by atoms with Gasteiger partial charge in [0, 0.05) is 22.7 Å². The molecule has 0 bridgehead atoms. The van der Waals surface area contributed by atoms with Gasteiger partial charge in [0.25, 0.3) is 5.91 Å². The van der Waals surface area contributed by atoms with Crippen LogP contribution in [0.15, 0.2) is 59.4 Å². The number of amides is 1. The van der Waals surface area contributed by atoms with Crippen LogP contribution in [0.4, 0.5) is 18.9 Å². The van der Waals surface area contributed by atoms with Gasteiger partial charge in [0.2, 0.25) is 5.56 Å². The molecule has 0 saturated carbocycles. The summed E-state index contributed by atoms with van der Waals surface area (Å²) in [4.78, 5) is 26.6. The maximum atomic E-state index is 12.5. The van der Waals surface area contributed by atoms with Crippen molar-refractivity contribution < 1.29 is 18.0 Å². The van der Waals surface area contributed by atoms with Gasteiger partial charge >= 0.3 is 6.18 Å². The number of fused-ring (bicyclic) bond motifs is 1. The topological polar surface area (TPSA) is 62.0 Å². The quantitative estimate of drug-likeness (QED) is 0.750. The number of carbonyl (C=O) groups is 1. The fourth-order valence-corrected chi connectivity index (χ4v) is 2.33. The number of hydrogen-bond acceptors (Lipinski definition) is 2. The van der Waals surface area contributed by atoms with Crippen molar-refractivity contribution in [1.29, 1.82) is 0 Å². The highest BCUT2D eigenvalue weighted by molar-refractivity contribution is 6.12. The van der Waals surface area contributed by atoms with Crippen LogP contribution in [-0.2, 0) is 6.18 Å². The number of pyridine rings is 1. The van der Waals surface area contributed by atoms with E-state index in [1.165, 1.54) is 0 Å². The van der Waals surface area contributed by atoms with Gasteiger partial charge in [-0.1, -0.05) is 18.2 Å². The summed E-state index contributed by atoms with van der Waals surface area (Å²) in [7, 11) is 0. The summed E-state index contributed by atoms with van der Waals surface area (Å²) in [6.45, 7) is 0. The molecule has 1 aromatic heterocycles. The number of rotatable bonds is 2. The lowest BCUT2D eigenvalue weighted by atomic mass is 10.1. The molecule has 0 aliphatic heterocycles. The molecule has 0 spiro atoms. The van der Waals surface area contributed by atoms with E-state index in [1.54, 1.807) is 24.3 Å². The number of aromatic amines is 1. The smallest absolute Gasteiger partial charge is 0.322 e. The van der Waals surface area contributed by atoms with Crippen molar-refractivity contribution in [2.24, 2.45) is 0 Å². The molecule has 0 saturated heterocycles. The summed E-state index contributed by atoms with van der Waals surface area (Å²) in [5, 5.41) is 3.04. The van der Waals surface area contributed by atoms with E-state index >= 15 is 0 Å². The molecule has 0 aliphatic rings. The van der Waals surface area contributed by atoms with E-state index in [0.29, 0.717) is 10.9 Å². The van der Waals surface area contributed by atoms with E-state index in [-0.39, 0.29) is 11.3 Å². The molecule has 0 atom stereocenters. The van der Waals surface area contributed by atoms with E-state index in [1.807, 2.05) is 0 Å². The summed E-state index contributed by atoms with van der Waals surface area (Å²) in [5.74, 6) is -0.572. The van der Waals surface area contributed by atoms with Crippen LogP contribution >= 0.6 is 0 Å². The van der Waals surface area contributed by atoms with Crippen molar-refractivity contribution >= 4 is 22.5 Å². The van der Waals surface area contributed by atoms with Gasteiger partial charge in [0.1, 0.15) is 0 Å². The Labute approximate surface area is 133 Å². The van der Waals surface area contributed by atoms with Crippen LogP contribution in [0.2, 0.25) is 0 Å². The fourth-order valence-electron chi connectivity index (χ4n) is 2.33. The monoisotopic (exact) mass is 332 g/mol. The highest BCUT2D eigenvalue weighted by Gasteiger charge is 2.30. The third kappa shape index (κ3) is 3.15. The maximum absolute atomic E-state index is 12.5. The highest BCUT2D eigenvalue weighted by Crippen LogP contribution is 2.30. The number of para-hydroxylation sites is 1. The molecule has 0 aliphatic carbocycles. The summed E-state index contributed by atoms with van der Waals surface area (Å²) >= 11 is 0. The molecule has 2 aromatic carbocycles. The van der Waals surface area contributed by atoms with Crippen LogP contribution in [0.1, 0.15) is 15.9 Å². The van der Waals surface area contributed by atoms with Crippen LogP contribution in [-0.4, -0.2) is 10.9 Å². The first-order valence-corrected chi connectivity index (χ1v) is 6.95. The molecule has 2 N–H and O–H groups in total. The van der Waals surface area contributed by atoms with Crippen LogP contribution in [0.5, 0.6) is 0 Å². The van der Waals surface area contributed by atoms with Crippen LogP contribution in [0.3, 0.4) is 0 Å². The lowest BCUT2D eigenvalue weighted by Gasteiger charge is -2.10. The number of aromatic nitrogens is 1. The highest BCUT2D eigenvalue weighted by atomic mass is 19.4. The third-order valence-corrected chi connectivity index (χ3v) is 3.47. The molecule has 7 heteroatoms. The second-order valence-corrected chi connectivity index (χ2v) is 5.12. The first-order chi connectivity index (χ1) is 11.3. The molecular formula is C17H11F3N2O2. The summed E-state index contributed by atoms with van der Waals surface area (Å²) in [5.41, 5.74) is -0.387. The standard InChI is InChI=1S/C17H11F3N2O2/c18-17(19,20)10-5-7-11(8-6-10)21-16(24)13-9-15(23)22-14-4-2-1-3-12(13)14/h1-9H,(H,21,24)(H,22,23). The number of benzene rings is 2. The number of hydrogen-bond donors (Lipinski definition) is 2. The van der Waals surface area contributed by atoms with Gasteiger partial charge < -0.3 is 10.3 Å². The van der Waals surface area contributed by atoms with Gasteiger partial charge in [-0.05, 0) is 30.3 Å². The average molecular weight is 332 g/mol. The number of nitrogens with one attached hydrogen (secondary N) is 2. The van der Waals surface area contributed by atoms with E-state index in [9.17, 15) is 22.8 Å². The number of anilines is 1. The zero-order valence-corrected chi connectivity index (χ0v) is 12.1. The van der Waals surface area contributed by atoms with Crippen molar-refractivity contribution in [3.63, 3.8) is 0 Å². The lowest BCUT2D eigenvalue weighted by Crippen LogP contribution is -2.17. The Morgan fingerprint density at radius 3 is 2.33 bits per heavy atom. The van der Waals surface area contributed by atoms with Crippen molar-refractivity contribution in [2.45, 2.75) is 6.18 Å². The predicted molar refractivity (Wildman–Crippen MR) is 84.0 cm³/mol. The van der Waals surface area contributed by atoms with Crippen LogP contribution in [0.25, 0.3) is 10.9 Å². The van der Waals surface area contributed by atoms with Crippen molar-refractivity contribution in [1.82, 2.24) is 4.98 Å². The molecule has 0 fully saturated rings. The minimum atomic E-state index is -4.44. The predicted octanol–water partition coefficient (Wildman–Crippen LogP) is 3.80. The molecule has 1 amide bonds. The SMILES string of the molecule is O=C(Nc1ccc(C(F)(F)F)cc1)c1cc(=O)[nH]c2ccccc12. The zero-order chi connectivity index (χ0) is 17.3. The van der Waals surface area contributed by atoms with Crippen molar-refractivity contribution in [2.75, 3.05) is 5.32 Å². The molecule has 4 nitrogen and oxygen atoms in total. The summed E-state index contributed by atoms with van der Waals surface area (Å²) < 4.78 is 37.6. The first kappa shape index (κ1) is 15.8. The second kappa shape index (κ2) is 5.84. The Morgan fingerprint density at radius 2 is 1.67 bits per heavy atom. The first-order valence-electron chi connectivity index (χ1n) is 6.95. The number of halogens is 3. The maximum Gasteiger partial charge on any atom is 0.416 e. The van der Waals surface area contributed by atoms with E-state index in [0.717, 1.165) is 30.3 Å². The normalized spacial score (nSPS) is 11.5. The molecule has 24 heavy (non-hydrogen) atoms. The molecule has 3 rings (SSSR count). The Morgan fingerprint density at radius 1 is 1.00 bits per heavy atom. The van der Waals surface area contributed by atoms with E-state index in [2.05, 4.69) is 10.3 Å². The molecule has 0 radical (unpaired) electrons. The van der Waals surface area contributed by atoms with Gasteiger partial charge in [-0.3, -0.25) is 9.59 Å². The minimum Gasteiger partial charge on any atom is -0.322 e. The van der Waals surface area contributed by atoms with Gasteiger partial charge in [-0.15, -0.1) is 0 Å². The molecule has 0 unspecified atom stereocenters. The number of alkyl halides is 3. The number of H-pyrrole nitrogens is 1. The molecular weight excluding hydrogens is 321 g/mol. The van der Waals surface area contributed by atoms with Crippen LogP contribution in [0, 0.1) is 0 Å². The average Bonchev–Trinajstić information content (AvgIpc) is 2.53. The summed E-state index contributed by atoms with van der Waals surface area (Å²) in [6.07, 6.45) is -4.44. The Kier molecular flexibility index (Phi) is 3.84. The fraction of sp³-hybridized carbons (Fsp3) is 0.0588. The van der Waals surface area contributed by atoms with Gasteiger partial charge in [-0.2, -0.15) is 13.2 Å². The van der Waals surface area contributed by atoms with Crippen molar-refractivity contribution in [3.8, 4) is 0 Å².